The Bertz CT molecular complexity index is 1510. The molecule has 198 valence electrons. The Hall–Kier alpha value is -5.05. The first-order chi connectivity index (χ1) is 18.8. The monoisotopic (exact) mass is 525 g/mol. The third-order valence-corrected chi connectivity index (χ3v) is 6.01. The van der Waals surface area contributed by atoms with Gasteiger partial charge in [0.1, 0.15) is 11.6 Å². The van der Waals surface area contributed by atoms with Crippen LogP contribution in [0.15, 0.2) is 101 Å². The number of methoxy groups -OCH3 is 1. The van der Waals surface area contributed by atoms with Gasteiger partial charge in [0.2, 0.25) is 0 Å². The van der Waals surface area contributed by atoms with Gasteiger partial charge < -0.3 is 29.3 Å². The lowest BCUT2D eigenvalue weighted by atomic mass is 10.0. The molecule has 0 radical (unpaired) electrons. The van der Waals surface area contributed by atoms with Crippen LogP contribution in [0.4, 0.5) is 5.69 Å². The van der Waals surface area contributed by atoms with Crippen molar-refractivity contribution < 1.29 is 28.2 Å². The standard InChI is InChI=1S/C30H27N3O6/c1-30(2)38-28(34)26(29(35)39-30)27(32-16-19-8-7-11-21(14-19)20-9-5-4-6-10-20)33-22-12-13-23(24(15-22)36-3)25-17-31-18-37-25/h4-15,17-18,32-33H,16H2,1-3H3. The summed E-state index contributed by atoms with van der Waals surface area (Å²) in [6, 6.07) is 23.3. The fourth-order valence-corrected chi connectivity index (χ4v) is 4.20. The molecule has 39 heavy (non-hydrogen) atoms. The SMILES string of the molecule is COc1cc(NC(NCc2cccc(-c3ccccc3)c2)=C2C(=O)OC(C)(C)OC2=O)ccc1-c1cnco1. The number of carbonyl (C=O) groups excluding carboxylic acids is 2. The molecule has 3 aromatic carbocycles. The molecule has 0 spiro atoms. The maximum absolute atomic E-state index is 12.9. The topological polar surface area (TPSA) is 112 Å². The second kappa shape index (κ2) is 10.7. The van der Waals surface area contributed by atoms with Crippen molar-refractivity contribution in [1.82, 2.24) is 10.3 Å². The molecule has 0 aliphatic carbocycles. The predicted octanol–water partition coefficient (Wildman–Crippen LogP) is 5.27. The van der Waals surface area contributed by atoms with E-state index in [1.165, 1.54) is 27.4 Å². The van der Waals surface area contributed by atoms with Crippen molar-refractivity contribution >= 4 is 17.6 Å². The van der Waals surface area contributed by atoms with Crippen LogP contribution in [0.25, 0.3) is 22.5 Å². The van der Waals surface area contributed by atoms with E-state index in [-0.39, 0.29) is 11.4 Å². The van der Waals surface area contributed by atoms with E-state index >= 15 is 0 Å². The lowest BCUT2D eigenvalue weighted by Gasteiger charge is -2.31. The number of oxazole rings is 1. The van der Waals surface area contributed by atoms with Gasteiger partial charge in [-0.15, -0.1) is 0 Å². The zero-order valence-corrected chi connectivity index (χ0v) is 21.7. The molecule has 1 aliphatic rings. The molecule has 2 heterocycles. The minimum absolute atomic E-state index is 0.139. The maximum atomic E-state index is 12.9. The summed E-state index contributed by atoms with van der Waals surface area (Å²) in [5.41, 5.74) is 4.03. The van der Waals surface area contributed by atoms with Crippen molar-refractivity contribution in [2.45, 2.75) is 26.2 Å². The summed E-state index contributed by atoms with van der Waals surface area (Å²) in [5, 5.41) is 6.34. The zero-order chi connectivity index (χ0) is 27.4. The zero-order valence-electron chi connectivity index (χ0n) is 21.7. The van der Waals surface area contributed by atoms with Crippen molar-refractivity contribution in [2.24, 2.45) is 0 Å². The summed E-state index contributed by atoms with van der Waals surface area (Å²) >= 11 is 0. The fourth-order valence-electron chi connectivity index (χ4n) is 4.20. The van der Waals surface area contributed by atoms with E-state index in [0.717, 1.165) is 16.7 Å². The smallest absolute Gasteiger partial charge is 0.352 e. The molecule has 0 amide bonds. The molecule has 0 unspecified atom stereocenters. The molecule has 1 aromatic heterocycles. The molecular formula is C30H27N3O6. The van der Waals surface area contributed by atoms with Gasteiger partial charge in [0.25, 0.3) is 5.79 Å². The van der Waals surface area contributed by atoms with Crippen LogP contribution in [0, 0.1) is 0 Å². The Morgan fingerprint density at radius 2 is 1.67 bits per heavy atom. The van der Waals surface area contributed by atoms with Gasteiger partial charge in [0.05, 0.1) is 18.9 Å². The van der Waals surface area contributed by atoms with Crippen LogP contribution in [-0.2, 0) is 25.6 Å². The first-order valence-electron chi connectivity index (χ1n) is 12.3. The van der Waals surface area contributed by atoms with Gasteiger partial charge in [-0.05, 0) is 34.9 Å². The second-order valence-corrected chi connectivity index (χ2v) is 9.25. The lowest BCUT2D eigenvalue weighted by molar-refractivity contribution is -0.222. The average Bonchev–Trinajstić information content (AvgIpc) is 3.46. The number of carbonyl (C=O) groups is 2. The number of esters is 2. The molecule has 1 saturated heterocycles. The van der Waals surface area contributed by atoms with Crippen molar-refractivity contribution in [2.75, 3.05) is 12.4 Å². The Labute approximate surface area is 225 Å². The summed E-state index contributed by atoms with van der Waals surface area (Å²) in [6.07, 6.45) is 2.92. The molecule has 5 rings (SSSR count). The molecule has 0 bridgehead atoms. The van der Waals surface area contributed by atoms with Gasteiger partial charge in [0.15, 0.2) is 17.7 Å². The van der Waals surface area contributed by atoms with Crippen LogP contribution < -0.4 is 15.4 Å². The van der Waals surface area contributed by atoms with Crippen molar-refractivity contribution in [3.8, 4) is 28.2 Å². The summed E-state index contributed by atoms with van der Waals surface area (Å²) < 4.78 is 21.6. The van der Waals surface area contributed by atoms with Crippen molar-refractivity contribution in [3.05, 3.63) is 102 Å². The number of anilines is 1. The number of aromatic nitrogens is 1. The number of nitrogens with one attached hydrogen (secondary N) is 2. The number of ether oxygens (including phenoxy) is 3. The van der Waals surface area contributed by atoms with E-state index in [9.17, 15) is 9.59 Å². The summed E-state index contributed by atoms with van der Waals surface area (Å²) in [5.74, 6) is -1.78. The number of hydrogen-bond acceptors (Lipinski definition) is 9. The molecule has 1 aliphatic heterocycles. The molecule has 2 N–H and O–H groups in total. The highest BCUT2D eigenvalue weighted by atomic mass is 16.7. The first kappa shape index (κ1) is 25.6. The Morgan fingerprint density at radius 3 is 2.36 bits per heavy atom. The van der Waals surface area contributed by atoms with Gasteiger partial charge in [-0.25, -0.2) is 14.6 Å². The van der Waals surface area contributed by atoms with Gasteiger partial charge in [0, 0.05) is 32.1 Å². The number of cyclic esters (lactones) is 2. The van der Waals surface area contributed by atoms with Crippen molar-refractivity contribution in [3.63, 3.8) is 0 Å². The highest BCUT2D eigenvalue weighted by Gasteiger charge is 2.41. The average molecular weight is 526 g/mol. The first-order valence-corrected chi connectivity index (χ1v) is 12.3. The van der Waals surface area contributed by atoms with Gasteiger partial charge >= 0.3 is 11.9 Å². The van der Waals surface area contributed by atoms with Gasteiger partial charge in [-0.3, -0.25) is 0 Å². The number of rotatable bonds is 8. The van der Waals surface area contributed by atoms with Gasteiger partial charge in [-0.1, -0.05) is 48.5 Å². The molecule has 1 fully saturated rings. The van der Waals surface area contributed by atoms with Crippen LogP contribution in [-0.4, -0.2) is 29.8 Å². The van der Waals surface area contributed by atoms with Crippen LogP contribution in [0.3, 0.4) is 0 Å². The number of hydrogen-bond donors (Lipinski definition) is 2. The summed E-state index contributed by atoms with van der Waals surface area (Å²) in [6.45, 7) is 3.31. The van der Waals surface area contributed by atoms with E-state index < -0.39 is 17.7 Å². The molecule has 9 heteroatoms. The molecule has 0 atom stereocenters. The predicted molar refractivity (Wildman–Crippen MR) is 144 cm³/mol. The van der Waals surface area contributed by atoms with Crippen LogP contribution >= 0.6 is 0 Å². The summed E-state index contributed by atoms with van der Waals surface area (Å²) in [4.78, 5) is 29.8. The minimum Gasteiger partial charge on any atom is -0.496 e. The second-order valence-electron chi connectivity index (χ2n) is 9.25. The summed E-state index contributed by atoms with van der Waals surface area (Å²) in [7, 11) is 1.54. The quantitative estimate of drug-likeness (QED) is 0.181. The third-order valence-electron chi connectivity index (χ3n) is 6.01. The minimum atomic E-state index is -1.37. The third kappa shape index (κ3) is 5.77. The molecule has 9 nitrogen and oxygen atoms in total. The highest BCUT2D eigenvalue weighted by molar-refractivity contribution is 6.16. The Morgan fingerprint density at radius 1 is 0.923 bits per heavy atom. The van der Waals surface area contributed by atoms with E-state index in [0.29, 0.717) is 29.3 Å². The molecule has 4 aromatic rings. The van der Waals surface area contributed by atoms with E-state index in [1.807, 2.05) is 54.6 Å². The Balaban J connectivity index is 1.46. The van der Waals surface area contributed by atoms with E-state index in [1.54, 1.807) is 24.4 Å². The normalized spacial score (nSPS) is 14.3. The van der Waals surface area contributed by atoms with Crippen molar-refractivity contribution in [1.29, 1.82) is 0 Å². The fraction of sp³-hybridized carbons (Fsp3) is 0.167. The number of benzene rings is 3. The highest BCUT2D eigenvalue weighted by Crippen LogP contribution is 2.33. The Kier molecular flexibility index (Phi) is 7.05. The van der Waals surface area contributed by atoms with Crippen LogP contribution in [0.2, 0.25) is 0 Å². The lowest BCUT2D eigenvalue weighted by Crippen LogP contribution is -2.44. The van der Waals surface area contributed by atoms with E-state index in [4.69, 9.17) is 18.6 Å². The van der Waals surface area contributed by atoms with Crippen LogP contribution in [0.5, 0.6) is 5.75 Å². The van der Waals surface area contributed by atoms with E-state index in [2.05, 4.69) is 15.6 Å². The molecule has 0 saturated carbocycles. The van der Waals surface area contributed by atoms with Gasteiger partial charge in [-0.2, -0.15) is 0 Å². The number of nitrogens with zero attached hydrogens (tertiary/aromatic N) is 1. The molecular weight excluding hydrogens is 498 g/mol. The van der Waals surface area contributed by atoms with Crippen LogP contribution in [0.1, 0.15) is 19.4 Å². The maximum Gasteiger partial charge on any atom is 0.352 e. The largest absolute Gasteiger partial charge is 0.496 e.